The minimum absolute atomic E-state index is 0.476. The molecule has 0 heterocycles. The van der Waals surface area contributed by atoms with E-state index in [1.54, 1.807) is 13.8 Å². The van der Waals surface area contributed by atoms with Gasteiger partial charge in [0.2, 0.25) is 0 Å². The van der Waals surface area contributed by atoms with Crippen LogP contribution in [0.5, 0.6) is 0 Å². The van der Waals surface area contributed by atoms with Gasteiger partial charge in [0.15, 0.2) is 0 Å². The molecular weight excluding hydrogens is 156 g/mol. The maximum atomic E-state index is 10.7. The molecule has 0 amide bonds. The largest absolute Gasteiger partial charge is 0.481 e. The monoisotopic (exact) mass is 174 g/mol. The third kappa shape index (κ3) is 2.81. The highest BCUT2D eigenvalue weighted by Crippen LogP contribution is 2.25. The number of hydrogen-bond donors (Lipinski definition) is 2. The zero-order chi connectivity index (χ0) is 9.78. The van der Waals surface area contributed by atoms with Crippen LogP contribution < -0.4 is 0 Å². The van der Waals surface area contributed by atoms with E-state index < -0.39 is 17.5 Å². The molecule has 0 aromatic heterocycles. The van der Waals surface area contributed by atoms with E-state index in [0.29, 0.717) is 12.8 Å². The minimum atomic E-state index is -1.07. The molecule has 12 heavy (non-hydrogen) atoms. The summed E-state index contributed by atoms with van der Waals surface area (Å²) in [4.78, 5) is 10.7. The van der Waals surface area contributed by atoms with E-state index in [1.807, 2.05) is 6.92 Å². The van der Waals surface area contributed by atoms with Gasteiger partial charge in [-0.05, 0) is 19.8 Å². The van der Waals surface area contributed by atoms with Crippen molar-refractivity contribution < 1.29 is 15.0 Å². The van der Waals surface area contributed by atoms with Crippen LogP contribution in [0.25, 0.3) is 0 Å². The van der Waals surface area contributed by atoms with E-state index >= 15 is 0 Å². The summed E-state index contributed by atoms with van der Waals surface area (Å²) in [6.07, 6.45) is 1.80. The second kappa shape index (κ2) is 4.45. The molecular formula is C9H18O3. The Morgan fingerprint density at radius 3 is 2.25 bits per heavy atom. The summed E-state index contributed by atoms with van der Waals surface area (Å²) in [5.41, 5.74) is -1.07. The molecule has 0 aliphatic rings. The molecule has 0 saturated carbocycles. The predicted molar refractivity (Wildman–Crippen MR) is 46.9 cm³/mol. The molecule has 72 valence electrons. The zero-order valence-corrected chi connectivity index (χ0v) is 8.00. The zero-order valence-electron chi connectivity index (χ0n) is 8.00. The van der Waals surface area contributed by atoms with Crippen LogP contribution in [0.4, 0.5) is 0 Å². The lowest BCUT2D eigenvalue weighted by molar-refractivity contribution is -0.151. The number of carbonyl (C=O) groups is 1. The van der Waals surface area contributed by atoms with Crippen molar-refractivity contribution in [1.29, 1.82) is 0 Å². The summed E-state index contributed by atoms with van der Waals surface area (Å²) in [7, 11) is 0. The average Bonchev–Trinajstić information content (AvgIpc) is 1.99. The number of hydrogen-bond acceptors (Lipinski definition) is 2. The molecule has 0 saturated heterocycles. The number of rotatable bonds is 5. The molecule has 2 unspecified atom stereocenters. The number of aliphatic carboxylic acids is 1. The summed E-state index contributed by atoms with van der Waals surface area (Å²) in [6.45, 7) is 5.30. The maximum Gasteiger partial charge on any atom is 0.309 e. The molecule has 3 nitrogen and oxygen atoms in total. The highest BCUT2D eigenvalue weighted by molar-refractivity contribution is 5.71. The summed E-state index contributed by atoms with van der Waals surface area (Å²) in [5.74, 6) is -1.53. The number of aliphatic hydroxyl groups is 1. The van der Waals surface area contributed by atoms with E-state index in [1.165, 1.54) is 0 Å². The molecule has 2 atom stereocenters. The third-order valence-electron chi connectivity index (χ3n) is 2.34. The molecule has 0 spiro atoms. The first-order chi connectivity index (χ1) is 5.45. The van der Waals surface area contributed by atoms with Gasteiger partial charge in [-0.25, -0.2) is 0 Å². The van der Waals surface area contributed by atoms with Gasteiger partial charge in [0.1, 0.15) is 0 Å². The molecule has 0 bridgehead atoms. The van der Waals surface area contributed by atoms with Gasteiger partial charge in [-0.1, -0.05) is 20.3 Å². The van der Waals surface area contributed by atoms with Crippen LogP contribution >= 0.6 is 0 Å². The summed E-state index contributed by atoms with van der Waals surface area (Å²) in [6, 6.07) is 0. The fourth-order valence-electron chi connectivity index (χ4n) is 1.24. The summed E-state index contributed by atoms with van der Waals surface area (Å²) in [5, 5.41) is 18.5. The van der Waals surface area contributed by atoms with Gasteiger partial charge < -0.3 is 10.2 Å². The van der Waals surface area contributed by atoms with Crippen molar-refractivity contribution in [2.24, 2.45) is 5.92 Å². The normalized spacial score (nSPS) is 18.3. The van der Waals surface area contributed by atoms with Gasteiger partial charge in [-0.15, -0.1) is 0 Å². The lowest BCUT2D eigenvalue weighted by Gasteiger charge is -2.28. The van der Waals surface area contributed by atoms with Crippen LogP contribution in [0, 0.1) is 5.92 Å². The Kier molecular flexibility index (Phi) is 4.24. The highest BCUT2D eigenvalue weighted by Gasteiger charge is 2.34. The van der Waals surface area contributed by atoms with Crippen molar-refractivity contribution >= 4 is 5.97 Å². The molecule has 0 rings (SSSR count). The molecule has 0 radical (unpaired) electrons. The molecule has 0 fully saturated rings. The molecule has 0 aliphatic heterocycles. The molecule has 3 heteroatoms. The van der Waals surface area contributed by atoms with Crippen LogP contribution in [0.15, 0.2) is 0 Å². The lowest BCUT2D eigenvalue weighted by atomic mass is 9.84. The number of carboxylic acid groups (broad SMARTS) is 1. The van der Waals surface area contributed by atoms with E-state index in [0.717, 1.165) is 6.42 Å². The van der Waals surface area contributed by atoms with Crippen LogP contribution in [0.2, 0.25) is 0 Å². The Hall–Kier alpha value is -0.570. The predicted octanol–water partition coefficient (Wildman–Crippen LogP) is 1.65. The topological polar surface area (TPSA) is 57.5 Å². The fourth-order valence-corrected chi connectivity index (χ4v) is 1.24. The van der Waals surface area contributed by atoms with Crippen LogP contribution in [-0.4, -0.2) is 21.8 Å². The van der Waals surface area contributed by atoms with Gasteiger partial charge in [0.05, 0.1) is 11.5 Å². The van der Waals surface area contributed by atoms with Crippen molar-refractivity contribution in [3.8, 4) is 0 Å². The average molecular weight is 174 g/mol. The Balaban J connectivity index is 4.38. The van der Waals surface area contributed by atoms with E-state index in [-0.39, 0.29) is 0 Å². The quantitative estimate of drug-likeness (QED) is 0.666. The second-order valence-electron chi connectivity index (χ2n) is 3.39. The first kappa shape index (κ1) is 11.4. The smallest absolute Gasteiger partial charge is 0.309 e. The van der Waals surface area contributed by atoms with Crippen molar-refractivity contribution in [3.63, 3.8) is 0 Å². The van der Waals surface area contributed by atoms with Crippen LogP contribution in [0.3, 0.4) is 0 Å². The van der Waals surface area contributed by atoms with Crippen LogP contribution in [-0.2, 0) is 4.79 Å². The summed E-state index contributed by atoms with van der Waals surface area (Å²) >= 11 is 0. The first-order valence-corrected chi connectivity index (χ1v) is 4.40. The number of carboxylic acids is 1. The minimum Gasteiger partial charge on any atom is -0.481 e. The summed E-state index contributed by atoms with van der Waals surface area (Å²) < 4.78 is 0. The molecule has 0 aromatic carbocycles. The van der Waals surface area contributed by atoms with E-state index in [2.05, 4.69) is 0 Å². The molecule has 0 aromatic rings. The molecule has 2 N–H and O–H groups in total. The van der Waals surface area contributed by atoms with Crippen LogP contribution in [0.1, 0.15) is 40.0 Å². The second-order valence-corrected chi connectivity index (χ2v) is 3.39. The van der Waals surface area contributed by atoms with Crippen molar-refractivity contribution in [2.75, 3.05) is 0 Å². The van der Waals surface area contributed by atoms with Gasteiger partial charge in [0, 0.05) is 0 Å². The van der Waals surface area contributed by atoms with Gasteiger partial charge in [-0.2, -0.15) is 0 Å². The maximum absolute atomic E-state index is 10.7. The SMILES string of the molecule is CCCC(C(=O)O)C(C)(O)CC. The lowest BCUT2D eigenvalue weighted by Crippen LogP contribution is -2.38. The van der Waals surface area contributed by atoms with E-state index in [4.69, 9.17) is 5.11 Å². The third-order valence-corrected chi connectivity index (χ3v) is 2.34. The van der Waals surface area contributed by atoms with Gasteiger partial charge >= 0.3 is 5.97 Å². The van der Waals surface area contributed by atoms with Gasteiger partial charge in [-0.3, -0.25) is 4.79 Å². The van der Waals surface area contributed by atoms with Crippen molar-refractivity contribution in [1.82, 2.24) is 0 Å². The highest BCUT2D eigenvalue weighted by atomic mass is 16.4. The Morgan fingerprint density at radius 1 is 1.50 bits per heavy atom. The Morgan fingerprint density at radius 2 is 2.00 bits per heavy atom. The Bertz CT molecular complexity index is 152. The van der Waals surface area contributed by atoms with Gasteiger partial charge in [0.25, 0.3) is 0 Å². The van der Waals surface area contributed by atoms with Crippen molar-refractivity contribution in [2.45, 2.75) is 45.6 Å². The molecule has 0 aliphatic carbocycles. The van der Waals surface area contributed by atoms with E-state index in [9.17, 15) is 9.90 Å². The Labute approximate surface area is 73.4 Å². The van der Waals surface area contributed by atoms with Crippen molar-refractivity contribution in [3.05, 3.63) is 0 Å². The first-order valence-electron chi connectivity index (χ1n) is 4.40. The standard InChI is InChI=1S/C9H18O3/c1-4-6-7(8(10)11)9(3,12)5-2/h7,12H,4-6H2,1-3H3,(H,10,11). The fraction of sp³-hybridized carbons (Fsp3) is 0.889.